The molecule has 2 amide bonds. The van der Waals surface area contributed by atoms with Gasteiger partial charge in [0, 0.05) is 30.3 Å². The summed E-state index contributed by atoms with van der Waals surface area (Å²) in [4.78, 5) is 26.4. The SMILES string of the molecule is Cc1ccc(C(=O)N2CCc3ccc(CNC(=O)C(C)C)cc32)cc1. The first kappa shape index (κ1) is 17.2. The number of benzene rings is 2. The molecule has 0 saturated heterocycles. The van der Waals surface area contributed by atoms with Gasteiger partial charge in [-0.1, -0.05) is 43.7 Å². The summed E-state index contributed by atoms with van der Waals surface area (Å²) in [7, 11) is 0. The summed E-state index contributed by atoms with van der Waals surface area (Å²) in [5.41, 5.74) is 5.00. The molecule has 0 aliphatic carbocycles. The second kappa shape index (κ2) is 7.09. The zero-order valence-electron chi connectivity index (χ0n) is 15.0. The average molecular weight is 336 g/mol. The topological polar surface area (TPSA) is 49.4 Å². The molecule has 130 valence electrons. The van der Waals surface area contributed by atoms with Gasteiger partial charge in [-0.05, 0) is 42.7 Å². The van der Waals surface area contributed by atoms with Crippen molar-refractivity contribution in [2.45, 2.75) is 33.7 Å². The van der Waals surface area contributed by atoms with Crippen molar-refractivity contribution in [3.8, 4) is 0 Å². The number of hydrogen-bond acceptors (Lipinski definition) is 2. The first-order valence-electron chi connectivity index (χ1n) is 8.74. The molecule has 1 N–H and O–H groups in total. The molecule has 0 bridgehead atoms. The normalized spacial score (nSPS) is 13.0. The average Bonchev–Trinajstić information content (AvgIpc) is 3.02. The van der Waals surface area contributed by atoms with Gasteiger partial charge in [0.2, 0.25) is 5.91 Å². The van der Waals surface area contributed by atoms with Gasteiger partial charge in [0.25, 0.3) is 5.91 Å². The molecule has 1 aliphatic heterocycles. The summed E-state index contributed by atoms with van der Waals surface area (Å²) < 4.78 is 0. The highest BCUT2D eigenvalue weighted by atomic mass is 16.2. The van der Waals surface area contributed by atoms with Crippen molar-refractivity contribution in [2.75, 3.05) is 11.4 Å². The molecular formula is C21H24N2O2. The molecule has 0 spiro atoms. The molecule has 0 unspecified atom stereocenters. The van der Waals surface area contributed by atoms with E-state index < -0.39 is 0 Å². The second-order valence-electron chi connectivity index (χ2n) is 6.91. The molecule has 2 aromatic carbocycles. The summed E-state index contributed by atoms with van der Waals surface area (Å²) >= 11 is 0. The molecule has 4 nitrogen and oxygen atoms in total. The molecule has 2 aromatic rings. The van der Waals surface area contributed by atoms with Gasteiger partial charge in [0.15, 0.2) is 0 Å². The fourth-order valence-corrected chi connectivity index (χ4v) is 2.99. The van der Waals surface area contributed by atoms with Gasteiger partial charge in [-0.3, -0.25) is 9.59 Å². The number of rotatable bonds is 4. The lowest BCUT2D eigenvalue weighted by Crippen LogP contribution is -2.29. The van der Waals surface area contributed by atoms with Crippen molar-refractivity contribution in [1.82, 2.24) is 5.32 Å². The Balaban J connectivity index is 1.78. The number of nitrogens with zero attached hydrogens (tertiary/aromatic N) is 1. The van der Waals surface area contributed by atoms with Crippen LogP contribution in [-0.4, -0.2) is 18.4 Å². The minimum absolute atomic E-state index is 0.0297. The fourth-order valence-electron chi connectivity index (χ4n) is 2.99. The minimum Gasteiger partial charge on any atom is -0.352 e. The number of fused-ring (bicyclic) bond motifs is 1. The molecule has 0 saturated carbocycles. The van der Waals surface area contributed by atoms with Gasteiger partial charge in [0.1, 0.15) is 0 Å². The summed E-state index contributed by atoms with van der Waals surface area (Å²) in [5.74, 6) is 0.0317. The fraction of sp³-hybridized carbons (Fsp3) is 0.333. The highest BCUT2D eigenvalue weighted by Crippen LogP contribution is 2.30. The van der Waals surface area contributed by atoms with Crippen LogP contribution in [0.4, 0.5) is 5.69 Å². The molecule has 0 fully saturated rings. The summed E-state index contributed by atoms with van der Waals surface area (Å²) in [6.07, 6.45) is 0.867. The van der Waals surface area contributed by atoms with Gasteiger partial charge in [-0.2, -0.15) is 0 Å². The van der Waals surface area contributed by atoms with Crippen molar-refractivity contribution in [3.05, 3.63) is 64.7 Å². The van der Waals surface area contributed by atoms with Crippen LogP contribution >= 0.6 is 0 Å². The molecule has 1 heterocycles. The third-order valence-electron chi connectivity index (χ3n) is 4.58. The Morgan fingerprint density at radius 2 is 1.84 bits per heavy atom. The van der Waals surface area contributed by atoms with Crippen LogP contribution in [0.25, 0.3) is 0 Å². The van der Waals surface area contributed by atoms with Crippen molar-refractivity contribution in [3.63, 3.8) is 0 Å². The number of hydrogen-bond donors (Lipinski definition) is 1. The van der Waals surface area contributed by atoms with E-state index in [9.17, 15) is 9.59 Å². The smallest absolute Gasteiger partial charge is 0.258 e. The highest BCUT2D eigenvalue weighted by molar-refractivity contribution is 6.07. The first-order valence-corrected chi connectivity index (χ1v) is 8.74. The van der Waals surface area contributed by atoms with E-state index in [1.165, 1.54) is 5.56 Å². The van der Waals surface area contributed by atoms with Crippen molar-refractivity contribution >= 4 is 17.5 Å². The van der Waals surface area contributed by atoms with Crippen LogP contribution in [0.15, 0.2) is 42.5 Å². The molecule has 3 rings (SSSR count). The molecule has 0 radical (unpaired) electrons. The van der Waals surface area contributed by atoms with E-state index in [4.69, 9.17) is 0 Å². The van der Waals surface area contributed by atoms with Crippen molar-refractivity contribution in [2.24, 2.45) is 5.92 Å². The number of aryl methyl sites for hydroxylation is 1. The highest BCUT2D eigenvalue weighted by Gasteiger charge is 2.25. The van der Waals surface area contributed by atoms with Gasteiger partial charge < -0.3 is 10.2 Å². The Labute approximate surface area is 148 Å². The van der Waals surface area contributed by atoms with E-state index in [1.807, 2.05) is 62.1 Å². The number of carbonyl (C=O) groups is 2. The maximum absolute atomic E-state index is 12.8. The zero-order chi connectivity index (χ0) is 18.0. The van der Waals surface area contributed by atoms with Crippen LogP contribution in [0.2, 0.25) is 0 Å². The van der Waals surface area contributed by atoms with Crippen LogP contribution in [0.1, 0.15) is 40.9 Å². The van der Waals surface area contributed by atoms with Crippen LogP contribution in [0.3, 0.4) is 0 Å². The lowest BCUT2D eigenvalue weighted by Gasteiger charge is -2.18. The maximum Gasteiger partial charge on any atom is 0.258 e. The van der Waals surface area contributed by atoms with Crippen molar-refractivity contribution in [1.29, 1.82) is 0 Å². The molecule has 0 atom stereocenters. The summed E-state index contributed by atoms with van der Waals surface area (Å²) in [6, 6.07) is 13.8. The van der Waals surface area contributed by atoms with Gasteiger partial charge in [-0.15, -0.1) is 0 Å². The van der Waals surface area contributed by atoms with E-state index in [-0.39, 0.29) is 17.7 Å². The lowest BCUT2D eigenvalue weighted by molar-refractivity contribution is -0.124. The van der Waals surface area contributed by atoms with Crippen molar-refractivity contribution < 1.29 is 9.59 Å². The van der Waals surface area contributed by atoms with Crippen LogP contribution in [0, 0.1) is 12.8 Å². The third-order valence-corrected chi connectivity index (χ3v) is 4.58. The molecule has 1 aliphatic rings. The molecule has 4 heteroatoms. The third kappa shape index (κ3) is 3.73. The Bertz CT molecular complexity index is 794. The largest absolute Gasteiger partial charge is 0.352 e. The van der Waals surface area contributed by atoms with E-state index in [0.29, 0.717) is 18.7 Å². The second-order valence-corrected chi connectivity index (χ2v) is 6.91. The summed E-state index contributed by atoms with van der Waals surface area (Å²) in [5, 5.41) is 2.93. The zero-order valence-corrected chi connectivity index (χ0v) is 15.0. The Morgan fingerprint density at radius 3 is 2.52 bits per heavy atom. The van der Waals surface area contributed by atoms with E-state index in [0.717, 1.165) is 23.2 Å². The Kier molecular flexibility index (Phi) is 4.88. The van der Waals surface area contributed by atoms with E-state index >= 15 is 0 Å². The molecule has 25 heavy (non-hydrogen) atoms. The number of anilines is 1. The number of amides is 2. The van der Waals surface area contributed by atoms with Gasteiger partial charge in [-0.25, -0.2) is 0 Å². The predicted molar refractivity (Wildman–Crippen MR) is 99.7 cm³/mol. The molecular weight excluding hydrogens is 312 g/mol. The maximum atomic E-state index is 12.8. The quantitative estimate of drug-likeness (QED) is 0.929. The number of carbonyl (C=O) groups excluding carboxylic acids is 2. The Hall–Kier alpha value is -2.62. The lowest BCUT2D eigenvalue weighted by atomic mass is 10.1. The van der Waals surface area contributed by atoms with E-state index in [2.05, 4.69) is 11.4 Å². The van der Waals surface area contributed by atoms with Crippen LogP contribution in [0.5, 0.6) is 0 Å². The van der Waals surface area contributed by atoms with Crippen LogP contribution < -0.4 is 10.2 Å². The molecule has 0 aromatic heterocycles. The van der Waals surface area contributed by atoms with Gasteiger partial charge in [0.05, 0.1) is 0 Å². The number of nitrogens with one attached hydrogen (secondary N) is 1. The van der Waals surface area contributed by atoms with E-state index in [1.54, 1.807) is 0 Å². The van der Waals surface area contributed by atoms with Gasteiger partial charge >= 0.3 is 0 Å². The Morgan fingerprint density at radius 1 is 1.12 bits per heavy atom. The first-order chi connectivity index (χ1) is 12.0. The standard InChI is InChI=1S/C21H24N2O2/c1-14(2)20(24)22-13-16-6-9-17-10-11-23(19(17)12-16)21(25)18-7-4-15(3)5-8-18/h4-9,12,14H,10-11,13H2,1-3H3,(H,22,24). The predicted octanol–water partition coefficient (Wildman–Crippen LogP) is 3.47. The minimum atomic E-state index is -0.0333. The van der Waals surface area contributed by atoms with Crippen LogP contribution in [-0.2, 0) is 17.8 Å². The monoisotopic (exact) mass is 336 g/mol. The summed E-state index contributed by atoms with van der Waals surface area (Å²) in [6.45, 7) is 6.94.